The van der Waals surface area contributed by atoms with Crippen molar-refractivity contribution in [3.63, 3.8) is 0 Å². The summed E-state index contributed by atoms with van der Waals surface area (Å²) < 4.78 is 3.09. The summed E-state index contributed by atoms with van der Waals surface area (Å²) in [6, 6.07) is 18.2. The standard InChI is InChI=1S/C24H24N4OS/c1-16-22(17(2)28(26-16)19-10-4-3-5-11-19)24(29)27-14-8-9-18(15-27)23-25-20-12-6-7-13-21(20)30-23/h3-7,10-13,18H,8-9,14-15H2,1-2H3/t18-/m1/s1. The van der Waals surface area contributed by atoms with E-state index in [-0.39, 0.29) is 5.91 Å². The molecule has 3 heterocycles. The molecule has 2 aromatic carbocycles. The third kappa shape index (κ3) is 3.31. The molecule has 1 aliphatic heterocycles. The number of fused-ring (bicyclic) bond motifs is 1. The predicted octanol–water partition coefficient (Wildman–Crippen LogP) is 5.12. The predicted molar refractivity (Wildman–Crippen MR) is 121 cm³/mol. The Morgan fingerprint density at radius 1 is 1.07 bits per heavy atom. The van der Waals surface area contributed by atoms with Gasteiger partial charge in [-0.15, -0.1) is 11.3 Å². The third-order valence-electron chi connectivity index (χ3n) is 5.87. The van der Waals surface area contributed by atoms with Crippen molar-refractivity contribution in [2.24, 2.45) is 0 Å². The number of rotatable bonds is 3. The van der Waals surface area contributed by atoms with E-state index in [0.29, 0.717) is 12.5 Å². The van der Waals surface area contributed by atoms with Gasteiger partial charge >= 0.3 is 0 Å². The molecule has 30 heavy (non-hydrogen) atoms. The summed E-state index contributed by atoms with van der Waals surface area (Å²) in [5.41, 5.74) is 4.43. The van der Waals surface area contributed by atoms with Crippen LogP contribution in [0.15, 0.2) is 54.6 Å². The molecule has 2 aromatic heterocycles. The van der Waals surface area contributed by atoms with Crippen LogP contribution in [0.2, 0.25) is 0 Å². The number of para-hydroxylation sites is 2. The van der Waals surface area contributed by atoms with Gasteiger partial charge in [0.05, 0.1) is 37.9 Å². The van der Waals surface area contributed by atoms with Crippen molar-refractivity contribution in [3.8, 4) is 5.69 Å². The Kier molecular flexibility index (Phi) is 4.87. The van der Waals surface area contributed by atoms with E-state index in [1.165, 1.54) is 4.70 Å². The van der Waals surface area contributed by atoms with Crippen LogP contribution in [-0.4, -0.2) is 38.7 Å². The molecule has 4 aromatic rings. The summed E-state index contributed by atoms with van der Waals surface area (Å²) in [5, 5.41) is 5.80. The van der Waals surface area contributed by atoms with Gasteiger partial charge in [-0.1, -0.05) is 30.3 Å². The van der Waals surface area contributed by atoms with Crippen LogP contribution in [0.4, 0.5) is 0 Å². The first-order valence-electron chi connectivity index (χ1n) is 10.4. The third-order valence-corrected chi connectivity index (χ3v) is 7.07. The molecule has 0 unspecified atom stereocenters. The van der Waals surface area contributed by atoms with Crippen molar-refractivity contribution in [2.75, 3.05) is 13.1 Å². The number of piperidine rings is 1. The molecule has 0 radical (unpaired) electrons. The number of hydrogen-bond donors (Lipinski definition) is 0. The number of benzene rings is 2. The highest BCUT2D eigenvalue weighted by molar-refractivity contribution is 7.18. The van der Waals surface area contributed by atoms with Crippen LogP contribution in [0.5, 0.6) is 0 Å². The lowest BCUT2D eigenvalue weighted by Crippen LogP contribution is -2.39. The van der Waals surface area contributed by atoms with E-state index in [4.69, 9.17) is 4.98 Å². The summed E-state index contributed by atoms with van der Waals surface area (Å²) in [4.78, 5) is 20.3. The van der Waals surface area contributed by atoms with Crippen LogP contribution in [0, 0.1) is 13.8 Å². The molecule has 1 aliphatic rings. The highest BCUT2D eigenvalue weighted by Gasteiger charge is 2.30. The number of aromatic nitrogens is 3. The van der Waals surface area contributed by atoms with Crippen LogP contribution < -0.4 is 0 Å². The molecular formula is C24H24N4OS. The quantitative estimate of drug-likeness (QED) is 0.466. The fraction of sp³-hybridized carbons (Fsp3) is 0.292. The van der Waals surface area contributed by atoms with Crippen molar-refractivity contribution < 1.29 is 4.79 Å². The molecule has 1 amide bonds. The number of hydrogen-bond acceptors (Lipinski definition) is 4. The average molecular weight is 417 g/mol. The smallest absolute Gasteiger partial charge is 0.257 e. The van der Waals surface area contributed by atoms with Gasteiger partial charge in [0, 0.05) is 19.0 Å². The molecule has 6 heteroatoms. The van der Waals surface area contributed by atoms with Gasteiger partial charge in [-0.25, -0.2) is 9.67 Å². The van der Waals surface area contributed by atoms with Crippen LogP contribution in [-0.2, 0) is 0 Å². The van der Waals surface area contributed by atoms with Crippen molar-refractivity contribution in [1.29, 1.82) is 0 Å². The number of amides is 1. The van der Waals surface area contributed by atoms with E-state index in [9.17, 15) is 4.79 Å². The second-order valence-corrected chi connectivity index (χ2v) is 8.97. The molecule has 1 saturated heterocycles. The summed E-state index contributed by atoms with van der Waals surface area (Å²) in [7, 11) is 0. The van der Waals surface area contributed by atoms with Crippen LogP contribution in [0.1, 0.15) is 45.5 Å². The zero-order valence-corrected chi connectivity index (χ0v) is 18.0. The zero-order valence-electron chi connectivity index (χ0n) is 17.2. The van der Waals surface area contributed by atoms with Crippen molar-refractivity contribution in [1.82, 2.24) is 19.7 Å². The highest BCUT2D eigenvalue weighted by atomic mass is 32.1. The first kappa shape index (κ1) is 19.0. The fourth-order valence-electron chi connectivity index (χ4n) is 4.36. The molecule has 0 N–H and O–H groups in total. The van der Waals surface area contributed by atoms with Crippen molar-refractivity contribution in [2.45, 2.75) is 32.6 Å². The van der Waals surface area contributed by atoms with Gasteiger partial charge in [-0.05, 0) is 51.0 Å². The van der Waals surface area contributed by atoms with Gasteiger partial charge in [0.1, 0.15) is 0 Å². The zero-order chi connectivity index (χ0) is 20.7. The maximum absolute atomic E-state index is 13.5. The fourth-order valence-corrected chi connectivity index (χ4v) is 5.45. The molecule has 0 saturated carbocycles. The van der Waals surface area contributed by atoms with Gasteiger partial charge in [0.2, 0.25) is 0 Å². The van der Waals surface area contributed by atoms with Crippen LogP contribution in [0.25, 0.3) is 15.9 Å². The molecule has 1 atom stereocenters. The van der Waals surface area contributed by atoms with E-state index < -0.39 is 0 Å². The van der Waals surface area contributed by atoms with E-state index in [1.54, 1.807) is 11.3 Å². The number of likely N-dealkylation sites (tertiary alicyclic amines) is 1. The summed E-state index contributed by atoms with van der Waals surface area (Å²) in [5.74, 6) is 0.378. The molecule has 5 nitrogen and oxygen atoms in total. The topological polar surface area (TPSA) is 51.0 Å². The summed E-state index contributed by atoms with van der Waals surface area (Å²) in [6.07, 6.45) is 2.07. The SMILES string of the molecule is Cc1nn(-c2ccccc2)c(C)c1C(=O)N1CCC[C@@H](c2nc3ccccc3s2)C1. The average Bonchev–Trinajstić information content (AvgIpc) is 3.34. The van der Waals surface area contributed by atoms with Crippen molar-refractivity contribution in [3.05, 3.63) is 76.6 Å². The Bertz CT molecular complexity index is 1180. The second kappa shape index (κ2) is 7.69. The van der Waals surface area contributed by atoms with Gasteiger partial charge in [0.25, 0.3) is 5.91 Å². The molecule has 0 bridgehead atoms. The number of thiazole rings is 1. The maximum Gasteiger partial charge on any atom is 0.257 e. The number of carbonyl (C=O) groups excluding carboxylic acids is 1. The monoisotopic (exact) mass is 416 g/mol. The van der Waals surface area contributed by atoms with Gasteiger partial charge in [-0.3, -0.25) is 4.79 Å². The van der Waals surface area contributed by atoms with E-state index in [1.807, 2.05) is 59.8 Å². The molecule has 0 aliphatic carbocycles. The number of aryl methyl sites for hydroxylation is 1. The number of carbonyl (C=O) groups is 1. The first-order chi connectivity index (χ1) is 14.6. The number of nitrogens with zero attached hydrogens (tertiary/aromatic N) is 4. The summed E-state index contributed by atoms with van der Waals surface area (Å²) in [6.45, 7) is 5.41. The Labute approximate surface area is 180 Å². The normalized spacial score (nSPS) is 16.9. The molecule has 1 fully saturated rings. The highest BCUT2D eigenvalue weighted by Crippen LogP contribution is 2.33. The van der Waals surface area contributed by atoms with Crippen LogP contribution >= 0.6 is 11.3 Å². The minimum Gasteiger partial charge on any atom is -0.338 e. The second-order valence-electron chi connectivity index (χ2n) is 7.90. The Balaban J connectivity index is 1.42. The van der Waals surface area contributed by atoms with E-state index >= 15 is 0 Å². The lowest BCUT2D eigenvalue weighted by atomic mass is 9.97. The Morgan fingerprint density at radius 2 is 1.83 bits per heavy atom. The molecule has 152 valence electrons. The molecule has 0 spiro atoms. The minimum absolute atomic E-state index is 0.0815. The molecule has 5 rings (SSSR count). The first-order valence-corrected chi connectivity index (χ1v) is 11.2. The van der Waals surface area contributed by atoms with Gasteiger partial charge < -0.3 is 4.90 Å². The molecular weight excluding hydrogens is 392 g/mol. The van der Waals surface area contributed by atoms with Crippen molar-refractivity contribution >= 4 is 27.5 Å². The largest absolute Gasteiger partial charge is 0.338 e. The summed E-state index contributed by atoms with van der Waals surface area (Å²) >= 11 is 1.76. The van der Waals surface area contributed by atoms with Gasteiger partial charge in [0.15, 0.2) is 0 Å². The van der Waals surface area contributed by atoms with Gasteiger partial charge in [-0.2, -0.15) is 5.10 Å². The lowest BCUT2D eigenvalue weighted by Gasteiger charge is -2.32. The Hall–Kier alpha value is -2.99. The van der Waals surface area contributed by atoms with E-state index in [0.717, 1.165) is 52.5 Å². The lowest BCUT2D eigenvalue weighted by molar-refractivity contribution is 0.0705. The van der Waals surface area contributed by atoms with E-state index in [2.05, 4.69) is 23.3 Å². The maximum atomic E-state index is 13.5. The van der Waals surface area contributed by atoms with Crippen LogP contribution in [0.3, 0.4) is 0 Å². The Morgan fingerprint density at radius 3 is 2.63 bits per heavy atom. The minimum atomic E-state index is 0.0815.